The zero-order chi connectivity index (χ0) is 33.1. The van der Waals surface area contributed by atoms with Gasteiger partial charge in [0.25, 0.3) is 11.8 Å². The van der Waals surface area contributed by atoms with E-state index in [-0.39, 0.29) is 19.1 Å². The smallest absolute Gasteiger partial charge is 0.257 e. The van der Waals surface area contributed by atoms with Gasteiger partial charge in [0.15, 0.2) is 17.5 Å². The predicted molar refractivity (Wildman–Crippen MR) is 182 cm³/mol. The molecule has 10 nitrogen and oxygen atoms in total. The highest BCUT2D eigenvalue weighted by atomic mass is 79.9. The van der Waals surface area contributed by atoms with Crippen LogP contribution in [0.3, 0.4) is 0 Å². The number of ether oxygens (including phenoxy) is 3. The van der Waals surface area contributed by atoms with E-state index in [1.807, 2.05) is 97.1 Å². The van der Waals surface area contributed by atoms with Gasteiger partial charge in [-0.25, -0.2) is 4.99 Å². The van der Waals surface area contributed by atoms with E-state index in [1.54, 1.807) is 12.0 Å². The van der Waals surface area contributed by atoms with Crippen LogP contribution in [-0.2, 0) is 29.0 Å². The number of hydrogen-bond donors (Lipinski definition) is 1. The van der Waals surface area contributed by atoms with Gasteiger partial charge in [-0.1, -0.05) is 63.6 Å². The number of carbonyl (C=O) groups is 1. The standard InChI is InChI=1S/C37H33BrN4O6/c1-45-28-15-11-24(12-16-28)34-39-32(41-48-34)23-42-22-27-8-3-2-7-26(27)21-37(36(42)44)33(30-9-4-5-10-31(30)38)47-35(40-37)25-13-17-29(18-14-25)46-20-6-19-43/h2-5,7-18,33,43H,6,19-23H2,1H3/t33-,37-/m1/s1. The molecule has 2 aliphatic rings. The molecule has 0 bridgehead atoms. The number of hydrogen-bond acceptors (Lipinski definition) is 9. The number of benzene rings is 4. The molecular weight excluding hydrogens is 676 g/mol. The Morgan fingerprint density at radius 2 is 1.65 bits per heavy atom. The molecule has 11 heteroatoms. The Hall–Kier alpha value is -5.00. The van der Waals surface area contributed by atoms with Gasteiger partial charge in [-0.2, -0.15) is 4.98 Å². The number of aliphatic hydroxyl groups excluding tert-OH is 1. The van der Waals surface area contributed by atoms with E-state index in [2.05, 4.69) is 26.1 Å². The van der Waals surface area contributed by atoms with Crippen LogP contribution >= 0.6 is 15.9 Å². The lowest BCUT2D eigenvalue weighted by atomic mass is 9.82. The molecule has 0 aliphatic carbocycles. The van der Waals surface area contributed by atoms with Crippen LogP contribution in [0.25, 0.3) is 11.5 Å². The minimum absolute atomic E-state index is 0.0615. The quantitative estimate of drug-likeness (QED) is 0.168. The third-order valence-corrected chi connectivity index (χ3v) is 9.28. The van der Waals surface area contributed by atoms with Crippen molar-refractivity contribution >= 4 is 27.7 Å². The number of halogens is 1. The summed E-state index contributed by atoms with van der Waals surface area (Å²) in [7, 11) is 1.61. The second kappa shape index (κ2) is 13.6. The second-order valence-corrected chi connectivity index (χ2v) is 12.5. The summed E-state index contributed by atoms with van der Waals surface area (Å²) in [6.45, 7) is 0.927. The summed E-state index contributed by atoms with van der Waals surface area (Å²) in [6, 6.07) is 30.6. The zero-order valence-corrected chi connectivity index (χ0v) is 27.8. The lowest BCUT2D eigenvalue weighted by Gasteiger charge is -2.33. The van der Waals surface area contributed by atoms with Crippen molar-refractivity contribution in [2.24, 2.45) is 4.99 Å². The van der Waals surface area contributed by atoms with E-state index in [1.165, 1.54) is 0 Å². The fourth-order valence-corrected chi connectivity index (χ4v) is 6.62. The maximum absolute atomic E-state index is 15.0. The maximum atomic E-state index is 15.0. The monoisotopic (exact) mass is 708 g/mol. The molecule has 0 radical (unpaired) electrons. The number of methoxy groups -OCH3 is 1. The first-order valence-corrected chi connectivity index (χ1v) is 16.4. The van der Waals surface area contributed by atoms with Gasteiger partial charge in [0, 0.05) is 47.2 Å². The van der Waals surface area contributed by atoms with Crippen LogP contribution in [0.5, 0.6) is 11.5 Å². The largest absolute Gasteiger partial charge is 0.497 e. The van der Waals surface area contributed by atoms with Gasteiger partial charge >= 0.3 is 0 Å². The van der Waals surface area contributed by atoms with Crippen LogP contribution in [0.15, 0.2) is 111 Å². The van der Waals surface area contributed by atoms with Crippen LogP contribution in [0, 0.1) is 0 Å². The average molecular weight is 710 g/mol. The molecule has 2 aliphatic heterocycles. The van der Waals surface area contributed by atoms with Gasteiger partial charge in [0.1, 0.15) is 11.5 Å². The Bertz CT molecular complexity index is 1940. The van der Waals surface area contributed by atoms with Crippen LogP contribution < -0.4 is 9.47 Å². The maximum Gasteiger partial charge on any atom is 0.257 e. The molecule has 1 aromatic heterocycles. The van der Waals surface area contributed by atoms with E-state index in [4.69, 9.17) is 28.8 Å². The Kier molecular flexibility index (Phi) is 8.96. The van der Waals surface area contributed by atoms with Gasteiger partial charge in [-0.05, 0) is 65.7 Å². The number of fused-ring (bicyclic) bond motifs is 1. The van der Waals surface area contributed by atoms with Crippen molar-refractivity contribution in [3.8, 4) is 23.0 Å². The number of amides is 1. The van der Waals surface area contributed by atoms with Crippen LogP contribution in [0.4, 0.5) is 0 Å². The number of aromatic nitrogens is 2. The number of aliphatic imine (C=N–C) groups is 1. The van der Waals surface area contributed by atoms with E-state index < -0.39 is 11.6 Å². The van der Waals surface area contributed by atoms with Crippen molar-refractivity contribution in [2.75, 3.05) is 20.3 Å². The molecule has 1 spiro atoms. The highest BCUT2D eigenvalue weighted by molar-refractivity contribution is 9.10. The Morgan fingerprint density at radius 1 is 0.938 bits per heavy atom. The normalized spacial score (nSPS) is 18.6. The molecular formula is C37H33BrN4O6. The third-order valence-electron chi connectivity index (χ3n) is 8.56. The van der Waals surface area contributed by atoms with Crippen molar-refractivity contribution < 1.29 is 28.6 Å². The minimum Gasteiger partial charge on any atom is -0.497 e. The lowest BCUT2D eigenvalue weighted by Crippen LogP contribution is -2.49. The van der Waals surface area contributed by atoms with Crippen molar-refractivity contribution in [1.29, 1.82) is 0 Å². The fraction of sp³-hybridized carbons (Fsp3) is 0.243. The number of carbonyl (C=O) groups excluding carboxylic acids is 1. The van der Waals surface area contributed by atoms with Crippen molar-refractivity contribution in [3.63, 3.8) is 0 Å². The lowest BCUT2D eigenvalue weighted by molar-refractivity contribution is -0.140. The van der Waals surface area contributed by atoms with Crippen LogP contribution in [0.1, 0.15) is 40.6 Å². The molecule has 0 unspecified atom stereocenters. The highest BCUT2D eigenvalue weighted by Crippen LogP contribution is 2.47. The molecule has 7 rings (SSSR count). The molecule has 0 saturated heterocycles. The first kappa shape index (κ1) is 31.6. The van der Waals surface area contributed by atoms with E-state index in [0.717, 1.165) is 38.0 Å². The summed E-state index contributed by atoms with van der Waals surface area (Å²) in [4.78, 5) is 26.6. The molecule has 3 heterocycles. The topological polar surface area (TPSA) is 120 Å². The van der Waals surface area contributed by atoms with Crippen molar-refractivity contribution in [2.45, 2.75) is 37.6 Å². The highest BCUT2D eigenvalue weighted by Gasteiger charge is 2.56. The third kappa shape index (κ3) is 6.18. The minimum atomic E-state index is -1.33. The number of nitrogens with zero attached hydrogens (tertiary/aromatic N) is 4. The van der Waals surface area contributed by atoms with E-state index in [9.17, 15) is 0 Å². The Labute approximate surface area is 286 Å². The summed E-state index contributed by atoms with van der Waals surface area (Å²) in [6.07, 6.45) is 0.144. The molecule has 0 saturated carbocycles. The van der Waals surface area contributed by atoms with Crippen LogP contribution in [0.2, 0.25) is 0 Å². The van der Waals surface area contributed by atoms with Crippen molar-refractivity contribution in [1.82, 2.24) is 15.0 Å². The SMILES string of the molecule is COc1ccc(-c2nc(CN3Cc4ccccc4C[C@]4(N=C(c5ccc(OCCCO)cc5)O[C@@H]4c4ccccc4Br)C3=O)no2)cc1. The fourth-order valence-electron chi connectivity index (χ4n) is 6.13. The Balaban J connectivity index is 1.28. The average Bonchev–Trinajstić information content (AvgIpc) is 3.72. The first-order valence-electron chi connectivity index (χ1n) is 15.7. The van der Waals surface area contributed by atoms with Gasteiger partial charge in [-0.15, -0.1) is 0 Å². The van der Waals surface area contributed by atoms with Gasteiger partial charge in [0.2, 0.25) is 5.90 Å². The summed E-state index contributed by atoms with van der Waals surface area (Å²) in [5.74, 6) is 2.28. The van der Waals surface area contributed by atoms with E-state index >= 15 is 4.79 Å². The molecule has 2 atom stereocenters. The van der Waals surface area contributed by atoms with Gasteiger partial charge < -0.3 is 28.7 Å². The molecule has 1 N–H and O–H groups in total. The van der Waals surface area contributed by atoms with Gasteiger partial charge in [-0.3, -0.25) is 4.79 Å². The Morgan fingerprint density at radius 3 is 2.40 bits per heavy atom. The molecule has 4 aromatic carbocycles. The molecule has 244 valence electrons. The number of aliphatic hydroxyl groups is 1. The van der Waals surface area contributed by atoms with E-state index in [0.29, 0.717) is 49.4 Å². The summed E-state index contributed by atoms with van der Waals surface area (Å²) < 4.78 is 24.1. The summed E-state index contributed by atoms with van der Waals surface area (Å²) in [5.41, 5.74) is 2.98. The number of rotatable bonds is 10. The summed E-state index contributed by atoms with van der Waals surface area (Å²) >= 11 is 3.72. The molecule has 48 heavy (non-hydrogen) atoms. The van der Waals surface area contributed by atoms with Crippen LogP contribution in [-0.4, -0.2) is 57.8 Å². The second-order valence-electron chi connectivity index (χ2n) is 11.7. The van der Waals surface area contributed by atoms with Gasteiger partial charge in [0.05, 0.1) is 20.3 Å². The molecule has 5 aromatic rings. The molecule has 1 amide bonds. The summed E-state index contributed by atoms with van der Waals surface area (Å²) in [5, 5.41) is 13.3. The zero-order valence-electron chi connectivity index (χ0n) is 26.2. The first-order chi connectivity index (χ1) is 23.5. The predicted octanol–water partition coefficient (Wildman–Crippen LogP) is 6.31. The molecule has 0 fully saturated rings. The van der Waals surface area contributed by atoms with Crippen molar-refractivity contribution in [3.05, 3.63) is 130 Å².